The third-order valence-corrected chi connectivity index (χ3v) is 12.4. The van der Waals surface area contributed by atoms with Crippen LogP contribution >= 0.6 is 0 Å². The third-order valence-electron chi connectivity index (χ3n) is 12.4. The van der Waals surface area contributed by atoms with Gasteiger partial charge in [-0.3, -0.25) is 0 Å². The number of nitrogens with zero attached hydrogens (tertiary/aromatic N) is 4. The van der Waals surface area contributed by atoms with Crippen molar-refractivity contribution in [3.05, 3.63) is 211 Å². The zero-order chi connectivity index (χ0) is 41.3. The van der Waals surface area contributed by atoms with E-state index in [0.29, 0.717) is 17.1 Å². The molecule has 0 bridgehead atoms. The maximum absolute atomic E-state index is 9.89. The SMILES string of the molecule is [C-]#[N+]c1cccc(-c2nc(-c3cccc(C#N)c3)nc3c(-c4ccc5c6ccccc6c6ccccc6c5c4)cc(-c4ccc5c6ccccc6c6ccccc6c5c4)cc23)c1. The van der Waals surface area contributed by atoms with Crippen molar-refractivity contribution in [2.24, 2.45) is 0 Å². The monoisotopic (exact) mass is 784 g/mol. The summed E-state index contributed by atoms with van der Waals surface area (Å²) >= 11 is 0. The van der Waals surface area contributed by atoms with Gasteiger partial charge in [-0.05, 0) is 129 Å². The summed E-state index contributed by atoms with van der Waals surface area (Å²) in [6, 6.07) is 70.1. The first-order valence-corrected chi connectivity index (χ1v) is 20.6. The van der Waals surface area contributed by atoms with Crippen molar-refractivity contribution in [1.29, 1.82) is 5.26 Å². The van der Waals surface area contributed by atoms with Crippen LogP contribution in [0.3, 0.4) is 0 Å². The Hall–Kier alpha value is -8.70. The lowest BCUT2D eigenvalue weighted by atomic mass is 9.88. The summed E-state index contributed by atoms with van der Waals surface area (Å²) in [6.45, 7) is 7.89. The number of fused-ring (bicyclic) bond motifs is 13. The van der Waals surface area contributed by atoms with Crippen LogP contribution in [0, 0.1) is 17.9 Å². The van der Waals surface area contributed by atoms with E-state index in [4.69, 9.17) is 16.5 Å². The van der Waals surface area contributed by atoms with Gasteiger partial charge in [0.1, 0.15) is 0 Å². The van der Waals surface area contributed by atoms with E-state index >= 15 is 0 Å². The predicted octanol–water partition coefficient (Wildman–Crippen LogP) is 15.6. The van der Waals surface area contributed by atoms with Crippen molar-refractivity contribution in [2.45, 2.75) is 0 Å². The molecule has 0 saturated carbocycles. The molecule has 0 unspecified atom stereocenters. The van der Waals surface area contributed by atoms with Crippen LogP contribution in [0.5, 0.6) is 0 Å². The molecule has 0 N–H and O–H groups in total. The van der Waals surface area contributed by atoms with E-state index in [-0.39, 0.29) is 0 Å². The minimum absolute atomic E-state index is 0.508. The quantitative estimate of drug-likeness (QED) is 0.132. The molecule has 1 heterocycles. The van der Waals surface area contributed by atoms with E-state index in [0.717, 1.165) is 50.0 Å². The highest BCUT2D eigenvalue weighted by atomic mass is 14.9. The molecule has 0 aliphatic rings. The zero-order valence-electron chi connectivity index (χ0n) is 33.3. The second-order valence-electron chi connectivity index (χ2n) is 15.9. The molecule has 4 nitrogen and oxygen atoms in total. The van der Waals surface area contributed by atoms with Gasteiger partial charge >= 0.3 is 0 Å². The van der Waals surface area contributed by atoms with Gasteiger partial charge in [-0.25, -0.2) is 14.8 Å². The minimum atomic E-state index is 0.508. The number of hydrogen-bond donors (Lipinski definition) is 0. The average molecular weight is 785 g/mol. The van der Waals surface area contributed by atoms with Gasteiger partial charge in [-0.1, -0.05) is 152 Å². The first-order valence-electron chi connectivity index (χ1n) is 20.6. The third kappa shape index (κ3) is 5.52. The van der Waals surface area contributed by atoms with Gasteiger partial charge in [0.05, 0.1) is 29.4 Å². The van der Waals surface area contributed by atoms with Gasteiger partial charge in [-0.2, -0.15) is 5.26 Å². The van der Waals surface area contributed by atoms with Crippen LogP contribution in [-0.4, -0.2) is 9.97 Å². The van der Waals surface area contributed by atoms with Gasteiger partial charge in [-0.15, -0.1) is 0 Å². The van der Waals surface area contributed by atoms with Gasteiger partial charge in [0, 0.05) is 16.5 Å². The number of nitriles is 1. The molecule has 12 rings (SSSR count). The second-order valence-corrected chi connectivity index (χ2v) is 15.9. The average Bonchev–Trinajstić information content (AvgIpc) is 3.35. The van der Waals surface area contributed by atoms with Crippen LogP contribution in [0.15, 0.2) is 194 Å². The summed E-state index contributed by atoms with van der Waals surface area (Å²) in [4.78, 5) is 14.5. The molecule has 0 fully saturated rings. The Morgan fingerprint density at radius 3 is 1.42 bits per heavy atom. The summed E-state index contributed by atoms with van der Waals surface area (Å²) in [7, 11) is 0. The number of rotatable bonds is 4. The molecule has 4 heteroatoms. The van der Waals surface area contributed by atoms with Gasteiger partial charge in [0.2, 0.25) is 0 Å². The summed E-state index contributed by atoms with van der Waals surface area (Å²) in [5.74, 6) is 0.508. The van der Waals surface area contributed by atoms with Gasteiger partial charge in [0.25, 0.3) is 0 Å². The van der Waals surface area contributed by atoms with E-state index in [9.17, 15) is 5.26 Å². The highest BCUT2D eigenvalue weighted by Crippen LogP contribution is 2.44. The summed E-state index contributed by atoms with van der Waals surface area (Å²) in [5.41, 5.74) is 8.21. The molecule has 0 aliphatic heterocycles. The normalized spacial score (nSPS) is 11.5. The highest BCUT2D eigenvalue weighted by Gasteiger charge is 2.20. The van der Waals surface area contributed by atoms with E-state index in [2.05, 4.69) is 157 Å². The largest absolute Gasteiger partial charge is 0.238 e. The Bertz CT molecular complexity index is 3890. The maximum atomic E-state index is 9.89. The van der Waals surface area contributed by atoms with Crippen molar-refractivity contribution in [3.8, 4) is 51.0 Å². The fourth-order valence-corrected chi connectivity index (χ4v) is 9.58. The first kappa shape index (κ1) is 35.3. The second kappa shape index (κ2) is 14.0. The summed E-state index contributed by atoms with van der Waals surface area (Å²) < 4.78 is 0. The smallest absolute Gasteiger partial charge is 0.187 e. The first-order chi connectivity index (χ1) is 30.6. The van der Waals surface area contributed by atoms with Crippen LogP contribution in [0.2, 0.25) is 0 Å². The summed E-state index contributed by atoms with van der Waals surface area (Å²) in [5, 5.41) is 25.3. The molecule has 284 valence electrons. The zero-order valence-corrected chi connectivity index (χ0v) is 33.3. The molecular weight excluding hydrogens is 753 g/mol. The topological polar surface area (TPSA) is 53.9 Å². The molecular formula is C58H32N4. The van der Waals surface area contributed by atoms with Crippen LogP contribution in [-0.2, 0) is 0 Å². The van der Waals surface area contributed by atoms with E-state index < -0.39 is 0 Å². The molecule has 0 atom stereocenters. The van der Waals surface area contributed by atoms with E-state index in [1.54, 1.807) is 6.07 Å². The fraction of sp³-hybridized carbons (Fsp3) is 0. The van der Waals surface area contributed by atoms with Crippen LogP contribution in [0.4, 0.5) is 5.69 Å². The Balaban J connectivity index is 1.20. The lowest BCUT2D eigenvalue weighted by Crippen LogP contribution is -1.98. The Morgan fingerprint density at radius 1 is 0.371 bits per heavy atom. The minimum Gasteiger partial charge on any atom is -0.238 e. The molecule has 1 aromatic heterocycles. The number of benzene rings is 11. The lowest BCUT2D eigenvalue weighted by molar-refractivity contribution is 1.23. The Kier molecular flexibility index (Phi) is 7.94. The van der Waals surface area contributed by atoms with Crippen LogP contribution in [0.1, 0.15) is 5.56 Å². The predicted molar refractivity (Wildman–Crippen MR) is 257 cm³/mol. The molecule has 0 spiro atoms. The molecule has 12 aromatic rings. The molecule has 62 heavy (non-hydrogen) atoms. The van der Waals surface area contributed by atoms with Crippen molar-refractivity contribution >= 4 is 81.2 Å². The van der Waals surface area contributed by atoms with Gasteiger partial charge in [0.15, 0.2) is 11.5 Å². The lowest BCUT2D eigenvalue weighted by Gasteiger charge is -2.17. The molecule has 0 radical (unpaired) electrons. The molecule has 11 aromatic carbocycles. The highest BCUT2D eigenvalue weighted by molar-refractivity contribution is 6.27. The number of hydrogen-bond acceptors (Lipinski definition) is 3. The van der Waals surface area contributed by atoms with Crippen LogP contribution < -0.4 is 0 Å². The summed E-state index contributed by atoms with van der Waals surface area (Å²) in [6.07, 6.45) is 0. The van der Waals surface area contributed by atoms with Crippen molar-refractivity contribution < 1.29 is 0 Å². The number of aromatic nitrogens is 2. The maximum Gasteiger partial charge on any atom is 0.187 e. The molecule has 0 saturated heterocycles. The molecule has 0 aliphatic carbocycles. The van der Waals surface area contributed by atoms with Crippen LogP contribution in [0.25, 0.3) is 125 Å². The van der Waals surface area contributed by atoms with Crippen molar-refractivity contribution in [3.63, 3.8) is 0 Å². The standard InChI is InChI=1S/C58H32N4/c1-60-41-15-11-13-38(29-41)56-55-33-40(36-24-26-50-46-20-4-2-16-42(46)44-18-6-8-22-48(44)53(50)30-36)32-52(57(55)62-58(61-56)39-14-10-12-35(28-39)34-59)37-25-27-51-47-21-5-3-17-43(47)45-19-7-9-23-49(45)54(51)31-37/h2-33H. The molecule has 0 amide bonds. The fourth-order valence-electron chi connectivity index (χ4n) is 9.58. The Morgan fingerprint density at radius 2 is 0.855 bits per heavy atom. The van der Waals surface area contributed by atoms with Crippen molar-refractivity contribution in [2.75, 3.05) is 0 Å². The van der Waals surface area contributed by atoms with Gasteiger partial charge < -0.3 is 0 Å². The van der Waals surface area contributed by atoms with E-state index in [1.165, 1.54) is 64.6 Å². The van der Waals surface area contributed by atoms with E-state index in [1.807, 2.05) is 42.5 Å². The Labute approximate surface area is 357 Å². The van der Waals surface area contributed by atoms with Crippen molar-refractivity contribution in [1.82, 2.24) is 9.97 Å².